The van der Waals surface area contributed by atoms with Crippen molar-refractivity contribution in [2.45, 2.75) is 25.6 Å². The number of benzene rings is 2. The van der Waals surface area contributed by atoms with Gasteiger partial charge in [0.25, 0.3) is 5.91 Å². The molecule has 3 heterocycles. The Balaban J connectivity index is 1.55. The van der Waals surface area contributed by atoms with E-state index in [4.69, 9.17) is 18.9 Å². The lowest BCUT2D eigenvalue weighted by molar-refractivity contribution is -0.126. The van der Waals surface area contributed by atoms with E-state index in [2.05, 4.69) is 10.3 Å². The van der Waals surface area contributed by atoms with E-state index >= 15 is 0 Å². The van der Waals surface area contributed by atoms with Gasteiger partial charge in [0.1, 0.15) is 30.2 Å². The fourth-order valence-corrected chi connectivity index (χ4v) is 4.67. The molecule has 37 heavy (non-hydrogen) atoms. The number of nitrogens with one attached hydrogen (secondary N) is 1. The molecule has 2 aliphatic heterocycles. The van der Waals surface area contributed by atoms with E-state index in [0.29, 0.717) is 36.1 Å². The average Bonchev–Trinajstić information content (AvgIpc) is 3.35. The molecule has 1 unspecified atom stereocenters. The molecule has 0 aliphatic carbocycles. The molecule has 2 amide bonds. The molecule has 192 valence electrons. The van der Waals surface area contributed by atoms with Crippen LogP contribution in [0.15, 0.2) is 48.8 Å². The lowest BCUT2D eigenvalue weighted by Crippen LogP contribution is -2.64. The number of hydrogen-bond donors (Lipinski definition) is 1. The van der Waals surface area contributed by atoms with Crippen LogP contribution in [-0.4, -0.2) is 60.3 Å². The summed E-state index contributed by atoms with van der Waals surface area (Å²) in [4.78, 5) is 45.6. The van der Waals surface area contributed by atoms with Crippen LogP contribution in [-0.2, 0) is 22.6 Å². The molecule has 2 aromatic carbocycles. The highest BCUT2D eigenvalue weighted by atomic mass is 16.6. The van der Waals surface area contributed by atoms with Crippen LogP contribution < -0.4 is 24.4 Å². The molecule has 0 saturated carbocycles. The number of amides is 2. The monoisotopic (exact) mass is 506 g/mol. The molecule has 0 saturated heterocycles. The second-order valence-corrected chi connectivity index (χ2v) is 8.80. The van der Waals surface area contributed by atoms with E-state index in [-0.39, 0.29) is 24.5 Å². The number of carbonyl (C=O) groups excluding carboxylic acids is 3. The second-order valence-electron chi connectivity index (χ2n) is 8.80. The third kappa shape index (κ3) is 4.11. The average molecular weight is 507 g/mol. The van der Waals surface area contributed by atoms with E-state index in [1.165, 1.54) is 22.9 Å². The third-order valence-corrected chi connectivity index (χ3v) is 6.50. The van der Waals surface area contributed by atoms with E-state index in [9.17, 15) is 14.4 Å². The van der Waals surface area contributed by atoms with E-state index in [1.807, 2.05) is 18.2 Å². The summed E-state index contributed by atoms with van der Waals surface area (Å²) in [5, 5.41) is 2.94. The maximum absolute atomic E-state index is 14.0. The summed E-state index contributed by atoms with van der Waals surface area (Å²) < 4.78 is 23.0. The predicted octanol–water partition coefficient (Wildman–Crippen LogP) is 2.18. The van der Waals surface area contributed by atoms with Crippen LogP contribution >= 0.6 is 0 Å². The summed E-state index contributed by atoms with van der Waals surface area (Å²) >= 11 is 0. The quantitative estimate of drug-likeness (QED) is 0.505. The number of esters is 1. The fraction of sp³-hybridized carbons (Fsp3) is 0.308. The Kier molecular flexibility index (Phi) is 6.20. The number of anilines is 1. The molecular weight excluding hydrogens is 480 g/mol. The maximum atomic E-state index is 14.0. The molecule has 0 fully saturated rings. The van der Waals surface area contributed by atoms with Gasteiger partial charge in [-0.25, -0.2) is 9.78 Å². The minimum Gasteiger partial charge on any atom is -0.496 e. The first-order valence-corrected chi connectivity index (χ1v) is 11.6. The zero-order valence-corrected chi connectivity index (χ0v) is 20.6. The maximum Gasteiger partial charge on any atom is 0.359 e. The first kappa shape index (κ1) is 24.2. The highest BCUT2D eigenvalue weighted by Crippen LogP contribution is 2.39. The number of aromatic nitrogens is 2. The number of nitrogens with zero attached hydrogens (tertiary/aromatic N) is 3. The molecule has 11 nitrogen and oxygen atoms in total. The van der Waals surface area contributed by atoms with Crippen LogP contribution in [0.25, 0.3) is 0 Å². The summed E-state index contributed by atoms with van der Waals surface area (Å²) in [5.74, 6) is -0.0801. The Morgan fingerprint density at radius 1 is 1.11 bits per heavy atom. The van der Waals surface area contributed by atoms with Crippen molar-refractivity contribution in [3.63, 3.8) is 0 Å². The van der Waals surface area contributed by atoms with Gasteiger partial charge in [-0.15, -0.1) is 0 Å². The lowest BCUT2D eigenvalue weighted by Gasteiger charge is -2.43. The van der Waals surface area contributed by atoms with E-state index in [1.54, 1.807) is 38.3 Å². The Hall–Kier alpha value is -4.54. The lowest BCUT2D eigenvalue weighted by atomic mass is 9.93. The third-order valence-electron chi connectivity index (χ3n) is 6.50. The van der Waals surface area contributed by atoms with Crippen molar-refractivity contribution in [2.24, 2.45) is 0 Å². The highest BCUT2D eigenvalue weighted by molar-refractivity contribution is 6.15. The SMILES string of the molecule is COC(=O)c1ncn2c1C(=O)N(c1ccc3c(c1)OCCO3)C(C)(C(=O)NCc1ccccc1OC)C2. The Labute approximate surface area is 212 Å². The number of imidazole rings is 1. The molecule has 0 spiro atoms. The zero-order chi connectivity index (χ0) is 26.2. The molecule has 2 aliphatic rings. The number of fused-ring (bicyclic) bond motifs is 2. The summed E-state index contributed by atoms with van der Waals surface area (Å²) in [6, 6.07) is 12.4. The van der Waals surface area contributed by atoms with Crippen LogP contribution in [0, 0.1) is 0 Å². The smallest absolute Gasteiger partial charge is 0.359 e. The summed E-state index contributed by atoms with van der Waals surface area (Å²) in [5.41, 5.74) is -0.272. The van der Waals surface area contributed by atoms with Crippen molar-refractivity contribution < 1.29 is 33.3 Å². The Morgan fingerprint density at radius 2 is 1.86 bits per heavy atom. The topological polar surface area (TPSA) is 121 Å². The number of para-hydroxylation sites is 1. The van der Waals surface area contributed by atoms with Gasteiger partial charge in [0.15, 0.2) is 17.2 Å². The number of ether oxygens (including phenoxy) is 4. The minimum absolute atomic E-state index is 0.0387. The first-order valence-electron chi connectivity index (χ1n) is 11.6. The van der Waals surface area contributed by atoms with Gasteiger partial charge in [-0.3, -0.25) is 14.5 Å². The van der Waals surface area contributed by atoms with Crippen molar-refractivity contribution in [3.8, 4) is 17.2 Å². The number of hydrogen-bond acceptors (Lipinski definition) is 8. The van der Waals surface area contributed by atoms with Crippen molar-refractivity contribution in [1.29, 1.82) is 0 Å². The van der Waals surface area contributed by atoms with Gasteiger partial charge in [-0.05, 0) is 25.1 Å². The van der Waals surface area contributed by atoms with Crippen molar-refractivity contribution in [2.75, 3.05) is 32.3 Å². The van der Waals surface area contributed by atoms with Gasteiger partial charge < -0.3 is 28.8 Å². The van der Waals surface area contributed by atoms with Gasteiger partial charge in [0, 0.05) is 23.9 Å². The normalized spacial score (nSPS) is 18.1. The Morgan fingerprint density at radius 3 is 2.62 bits per heavy atom. The second kappa shape index (κ2) is 9.49. The van der Waals surface area contributed by atoms with Crippen LogP contribution in [0.2, 0.25) is 0 Å². The van der Waals surface area contributed by atoms with Gasteiger partial charge in [0.2, 0.25) is 5.91 Å². The van der Waals surface area contributed by atoms with Gasteiger partial charge >= 0.3 is 5.97 Å². The van der Waals surface area contributed by atoms with Gasteiger partial charge in [-0.1, -0.05) is 18.2 Å². The first-order chi connectivity index (χ1) is 17.9. The van der Waals surface area contributed by atoms with Gasteiger partial charge in [-0.2, -0.15) is 0 Å². The van der Waals surface area contributed by atoms with Crippen molar-refractivity contribution in [3.05, 3.63) is 65.7 Å². The molecule has 3 aromatic rings. The van der Waals surface area contributed by atoms with Crippen LogP contribution in [0.4, 0.5) is 5.69 Å². The van der Waals surface area contributed by atoms with E-state index in [0.717, 1.165) is 5.56 Å². The molecule has 0 bridgehead atoms. The number of carbonyl (C=O) groups is 3. The highest BCUT2D eigenvalue weighted by Gasteiger charge is 2.50. The van der Waals surface area contributed by atoms with E-state index < -0.39 is 23.3 Å². The van der Waals surface area contributed by atoms with Crippen LogP contribution in [0.1, 0.15) is 33.5 Å². The molecule has 1 aromatic heterocycles. The molecule has 5 rings (SSSR count). The van der Waals surface area contributed by atoms with Gasteiger partial charge in [0.05, 0.1) is 27.1 Å². The summed E-state index contributed by atoms with van der Waals surface area (Å²) in [7, 11) is 2.78. The molecule has 0 radical (unpaired) electrons. The number of methoxy groups -OCH3 is 2. The number of rotatable bonds is 6. The van der Waals surface area contributed by atoms with Crippen LogP contribution in [0.5, 0.6) is 17.2 Å². The fourth-order valence-electron chi connectivity index (χ4n) is 4.67. The molecule has 1 atom stereocenters. The Bertz CT molecular complexity index is 1380. The largest absolute Gasteiger partial charge is 0.496 e. The summed E-state index contributed by atoms with van der Waals surface area (Å²) in [6.45, 7) is 2.68. The summed E-state index contributed by atoms with van der Waals surface area (Å²) in [6.07, 6.45) is 1.37. The van der Waals surface area contributed by atoms with Crippen molar-refractivity contribution in [1.82, 2.24) is 14.9 Å². The van der Waals surface area contributed by atoms with Crippen LogP contribution in [0.3, 0.4) is 0 Å². The standard InChI is InChI=1S/C26H26N4O7/c1-26(25(33)27-13-16-6-4-5-7-18(16)34-2)14-29-15-28-21(24(32)35-3)22(29)23(31)30(26)17-8-9-19-20(12-17)37-11-10-36-19/h4-9,12,15H,10-11,13-14H2,1-3H3,(H,27,33). The predicted molar refractivity (Wildman–Crippen MR) is 131 cm³/mol. The zero-order valence-electron chi connectivity index (χ0n) is 20.6. The molecule has 1 N–H and O–H groups in total. The van der Waals surface area contributed by atoms with Crippen molar-refractivity contribution >= 4 is 23.5 Å². The minimum atomic E-state index is -1.38. The molecule has 11 heteroatoms. The molecular formula is C26H26N4O7.